The van der Waals surface area contributed by atoms with Crippen molar-refractivity contribution >= 4 is 11.5 Å². The minimum absolute atomic E-state index is 0.336. The molecule has 6 N–H and O–H groups in total. The van der Waals surface area contributed by atoms with Gasteiger partial charge in [0, 0.05) is 11.6 Å². The molecule has 0 aromatic heterocycles. The first-order chi connectivity index (χ1) is 9.19. The standard InChI is InChI=1S/C13H24N6/c1-3-4-5-9-10-6-7-11(13(14)18-19-15)17-16-8(2)12(9)10/h7,9-10,12,17,19H,3-6,15H2,1-2H3,(H2,14,18)/b11-7+,16-8+/t9-,10-,12+/m0/s1. The molecule has 0 aromatic carbocycles. The maximum absolute atomic E-state index is 5.81. The molecule has 106 valence electrons. The summed E-state index contributed by atoms with van der Waals surface area (Å²) in [5.41, 5.74) is 12.9. The van der Waals surface area contributed by atoms with Crippen molar-refractivity contribution in [1.82, 2.24) is 11.0 Å². The van der Waals surface area contributed by atoms with Gasteiger partial charge in [-0.15, -0.1) is 5.10 Å². The molecular formula is C13H24N6. The van der Waals surface area contributed by atoms with Crippen LogP contribution < -0.4 is 22.5 Å². The normalized spacial score (nSPS) is 35.7. The molecule has 6 heteroatoms. The number of allylic oxidation sites excluding steroid dienone is 1. The van der Waals surface area contributed by atoms with Gasteiger partial charge in [0.05, 0.1) is 5.70 Å². The van der Waals surface area contributed by atoms with Gasteiger partial charge in [0.25, 0.3) is 0 Å². The predicted molar refractivity (Wildman–Crippen MR) is 77.9 cm³/mol. The number of hydrogen-bond donors (Lipinski definition) is 4. The lowest BCUT2D eigenvalue weighted by molar-refractivity contribution is 0.602. The highest BCUT2D eigenvalue weighted by Gasteiger charge is 2.50. The summed E-state index contributed by atoms with van der Waals surface area (Å²) in [5.74, 6) is 7.61. The lowest BCUT2D eigenvalue weighted by Gasteiger charge is -2.10. The minimum Gasteiger partial charge on any atom is -0.380 e. The van der Waals surface area contributed by atoms with Crippen molar-refractivity contribution in [2.75, 3.05) is 0 Å². The van der Waals surface area contributed by atoms with Crippen LogP contribution >= 0.6 is 0 Å². The Morgan fingerprint density at radius 1 is 1.63 bits per heavy atom. The molecule has 0 aromatic rings. The fourth-order valence-electron chi connectivity index (χ4n) is 3.03. The summed E-state index contributed by atoms with van der Waals surface area (Å²) in [4.78, 5) is 0. The Bertz CT molecular complexity index is 411. The molecule has 0 spiro atoms. The number of amidine groups is 1. The van der Waals surface area contributed by atoms with Gasteiger partial charge in [-0.05, 0) is 31.6 Å². The van der Waals surface area contributed by atoms with Crippen LogP contribution in [0, 0.1) is 17.8 Å². The van der Waals surface area contributed by atoms with E-state index in [1.807, 2.05) is 0 Å². The van der Waals surface area contributed by atoms with Crippen molar-refractivity contribution in [2.24, 2.45) is 39.5 Å². The van der Waals surface area contributed by atoms with Crippen LogP contribution in [0.2, 0.25) is 0 Å². The van der Waals surface area contributed by atoms with Gasteiger partial charge in [-0.2, -0.15) is 5.10 Å². The van der Waals surface area contributed by atoms with E-state index in [4.69, 9.17) is 11.6 Å². The second-order valence-electron chi connectivity index (χ2n) is 5.34. The van der Waals surface area contributed by atoms with Gasteiger partial charge in [0.2, 0.25) is 0 Å². The average molecular weight is 264 g/mol. The zero-order chi connectivity index (χ0) is 13.8. The van der Waals surface area contributed by atoms with Crippen LogP contribution in [0.4, 0.5) is 0 Å². The highest BCUT2D eigenvalue weighted by atomic mass is 15.5. The lowest BCUT2D eigenvalue weighted by atomic mass is 10.1. The van der Waals surface area contributed by atoms with Gasteiger partial charge >= 0.3 is 0 Å². The third-order valence-electron chi connectivity index (χ3n) is 4.11. The Hall–Kier alpha value is -1.56. The zero-order valence-electron chi connectivity index (χ0n) is 11.7. The molecule has 0 saturated heterocycles. The molecule has 1 heterocycles. The molecule has 1 aliphatic heterocycles. The summed E-state index contributed by atoms with van der Waals surface area (Å²) in [6, 6.07) is 0. The second kappa shape index (κ2) is 6.06. The fourth-order valence-corrected chi connectivity index (χ4v) is 3.03. The Morgan fingerprint density at radius 2 is 2.42 bits per heavy atom. The number of nitrogens with two attached hydrogens (primary N) is 2. The summed E-state index contributed by atoms with van der Waals surface area (Å²) >= 11 is 0. The molecule has 0 amide bonds. The number of nitrogens with zero attached hydrogens (tertiary/aromatic N) is 2. The number of hydrazine groups is 1. The van der Waals surface area contributed by atoms with Crippen molar-refractivity contribution in [3.63, 3.8) is 0 Å². The summed E-state index contributed by atoms with van der Waals surface area (Å²) in [5, 5.41) is 8.19. The molecule has 1 fully saturated rings. The van der Waals surface area contributed by atoms with Crippen LogP contribution in [0.1, 0.15) is 39.5 Å². The van der Waals surface area contributed by atoms with Crippen molar-refractivity contribution in [3.05, 3.63) is 11.8 Å². The van der Waals surface area contributed by atoms with E-state index in [1.165, 1.54) is 25.0 Å². The van der Waals surface area contributed by atoms with E-state index in [9.17, 15) is 0 Å². The smallest absolute Gasteiger partial charge is 0.169 e. The van der Waals surface area contributed by atoms with E-state index in [0.717, 1.165) is 18.0 Å². The average Bonchev–Trinajstić information content (AvgIpc) is 3.06. The summed E-state index contributed by atoms with van der Waals surface area (Å²) < 4.78 is 0. The Morgan fingerprint density at radius 3 is 3.11 bits per heavy atom. The van der Waals surface area contributed by atoms with Crippen LogP contribution in [0.15, 0.2) is 22.0 Å². The molecule has 1 aliphatic carbocycles. The first-order valence-corrected chi connectivity index (χ1v) is 6.98. The topological polar surface area (TPSA) is 101 Å². The molecule has 2 aliphatic rings. The highest BCUT2D eigenvalue weighted by molar-refractivity contribution is 5.97. The molecule has 0 unspecified atom stereocenters. The predicted octanol–water partition coefficient (Wildman–Crippen LogP) is 1.03. The largest absolute Gasteiger partial charge is 0.380 e. The van der Waals surface area contributed by atoms with Crippen molar-refractivity contribution in [2.45, 2.75) is 39.5 Å². The first kappa shape index (κ1) is 13.9. The van der Waals surface area contributed by atoms with Crippen molar-refractivity contribution in [3.8, 4) is 0 Å². The van der Waals surface area contributed by atoms with Crippen LogP contribution in [0.5, 0.6) is 0 Å². The SMILES string of the molecule is CCCC[C@H]1[C@@H]2C/C=C(\C(N)=N\NN)N/N=C(\C)[C@@H]21. The molecule has 1 saturated carbocycles. The first-order valence-electron chi connectivity index (χ1n) is 6.98. The van der Waals surface area contributed by atoms with Crippen molar-refractivity contribution in [1.29, 1.82) is 0 Å². The monoisotopic (exact) mass is 264 g/mol. The number of fused-ring (bicyclic) bond motifs is 1. The van der Waals surface area contributed by atoms with Gasteiger partial charge in [0.15, 0.2) is 5.84 Å². The number of hydrazone groups is 2. The quantitative estimate of drug-likeness (QED) is 0.258. The summed E-state index contributed by atoms with van der Waals surface area (Å²) in [7, 11) is 0. The fraction of sp³-hybridized carbons (Fsp3) is 0.692. The lowest BCUT2D eigenvalue weighted by Crippen LogP contribution is -2.29. The minimum atomic E-state index is 0.336. The molecule has 2 rings (SSSR count). The number of hydrogen-bond acceptors (Lipinski definition) is 5. The third kappa shape index (κ3) is 3.07. The molecule has 6 nitrogen and oxygen atoms in total. The van der Waals surface area contributed by atoms with Crippen LogP contribution in [-0.4, -0.2) is 11.5 Å². The summed E-state index contributed by atoms with van der Waals surface area (Å²) in [6.45, 7) is 4.33. The van der Waals surface area contributed by atoms with E-state index in [0.29, 0.717) is 17.7 Å². The molecule has 3 atom stereocenters. The van der Waals surface area contributed by atoms with Gasteiger partial charge in [0.1, 0.15) is 0 Å². The number of rotatable bonds is 5. The zero-order valence-corrected chi connectivity index (χ0v) is 11.7. The summed E-state index contributed by atoms with van der Waals surface area (Å²) in [6.07, 6.45) is 6.96. The number of unbranched alkanes of at least 4 members (excludes halogenated alkanes) is 1. The van der Waals surface area contributed by atoms with Crippen LogP contribution in [0.25, 0.3) is 0 Å². The van der Waals surface area contributed by atoms with Crippen molar-refractivity contribution < 1.29 is 0 Å². The highest BCUT2D eigenvalue weighted by Crippen LogP contribution is 2.53. The Labute approximate surface area is 114 Å². The van der Waals surface area contributed by atoms with Gasteiger partial charge < -0.3 is 5.73 Å². The van der Waals surface area contributed by atoms with E-state index in [1.54, 1.807) is 0 Å². The van der Waals surface area contributed by atoms with E-state index in [-0.39, 0.29) is 0 Å². The van der Waals surface area contributed by atoms with E-state index in [2.05, 4.69) is 41.1 Å². The van der Waals surface area contributed by atoms with E-state index < -0.39 is 0 Å². The number of nitrogens with one attached hydrogen (secondary N) is 2. The van der Waals surface area contributed by atoms with Crippen LogP contribution in [-0.2, 0) is 0 Å². The molecule has 0 radical (unpaired) electrons. The Balaban J connectivity index is 2.05. The van der Waals surface area contributed by atoms with Gasteiger partial charge in [-0.1, -0.05) is 25.8 Å². The van der Waals surface area contributed by atoms with Gasteiger partial charge in [-0.3, -0.25) is 5.43 Å². The van der Waals surface area contributed by atoms with E-state index >= 15 is 0 Å². The molecular weight excluding hydrogens is 240 g/mol. The molecule has 0 bridgehead atoms. The molecule has 19 heavy (non-hydrogen) atoms. The Kier molecular flexibility index (Phi) is 4.42. The van der Waals surface area contributed by atoms with Gasteiger partial charge in [-0.25, -0.2) is 11.4 Å². The maximum Gasteiger partial charge on any atom is 0.169 e. The van der Waals surface area contributed by atoms with Crippen LogP contribution in [0.3, 0.4) is 0 Å². The second-order valence-corrected chi connectivity index (χ2v) is 5.34. The third-order valence-corrected chi connectivity index (χ3v) is 4.11. The maximum atomic E-state index is 5.81.